The maximum absolute atomic E-state index is 13.7. The van der Waals surface area contributed by atoms with E-state index in [9.17, 15) is 8.78 Å². The van der Waals surface area contributed by atoms with Crippen LogP contribution < -0.4 is 5.32 Å². The molecule has 0 unspecified atom stereocenters. The number of nitrogens with zero attached hydrogens (tertiary/aromatic N) is 1. The minimum absolute atomic E-state index is 0.165. The van der Waals surface area contributed by atoms with Crippen molar-refractivity contribution in [1.82, 2.24) is 0 Å². The molecule has 0 aliphatic heterocycles. The lowest BCUT2D eigenvalue weighted by atomic mass is 10.1. The van der Waals surface area contributed by atoms with Gasteiger partial charge in [0.2, 0.25) is 0 Å². The number of benzene rings is 1. The first-order valence-electron chi connectivity index (χ1n) is 6.37. The summed E-state index contributed by atoms with van der Waals surface area (Å²) in [6.07, 6.45) is 6.64. The number of rotatable bonds is 2. The molecular weight excluding hydrogens is 234 g/mol. The Morgan fingerprint density at radius 3 is 2.33 bits per heavy atom. The zero-order valence-electron chi connectivity index (χ0n) is 10.2. The van der Waals surface area contributed by atoms with Gasteiger partial charge < -0.3 is 5.32 Å². The Balaban J connectivity index is 2.14. The van der Waals surface area contributed by atoms with E-state index in [0.29, 0.717) is 0 Å². The number of hydrogen-bond donors (Lipinski definition) is 1. The molecule has 0 radical (unpaired) electrons. The average Bonchev–Trinajstić information content (AvgIpc) is 2.64. The zero-order valence-corrected chi connectivity index (χ0v) is 10.2. The van der Waals surface area contributed by atoms with Crippen LogP contribution in [0.1, 0.15) is 44.1 Å². The number of anilines is 1. The van der Waals surface area contributed by atoms with E-state index < -0.39 is 11.6 Å². The molecule has 0 spiro atoms. The second-order valence-corrected chi connectivity index (χ2v) is 4.73. The Labute approximate surface area is 106 Å². The van der Waals surface area contributed by atoms with Gasteiger partial charge in [0.25, 0.3) is 0 Å². The van der Waals surface area contributed by atoms with E-state index in [1.807, 2.05) is 0 Å². The molecule has 1 aromatic rings. The Bertz CT molecular complexity index is 458. The minimum atomic E-state index is -1.06. The summed E-state index contributed by atoms with van der Waals surface area (Å²) in [6.45, 7) is 0. The zero-order chi connectivity index (χ0) is 13.0. The Hall–Kier alpha value is -1.63. The maximum Gasteiger partial charge on any atom is 0.183 e. The predicted octanol–water partition coefficient (Wildman–Crippen LogP) is 3.97. The molecule has 96 valence electrons. The first-order valence-corrected chi connectivity index (χ1v) is 6.37. The molecule has 0 saturated heterocycles. The van der Waals surface area contributed by atoms with Crippen LogP contribution in [0.25, 0.3) is 0 Å². The second kappa shape index (κ2) is 5.81. The van der Waals surface area contributed by atoms with Crippen molar-refractivity contribution >= 4 is 5.69 Å². The fraction of sp³-hybridized carbons (Fsp3) is 0.500. The Morgan fingerprint density at radius 2 is 1.72 bits per heavy atom. The fourth-order valence-corrected chi connectivity index (χ4v) is 2.39. The maximum atomic E-state index is 13.7. The van der Waals surface area contributed by atoms with Crippen LogP contribution in [-0.2, 0) is 0 Å². The smallest absolute Gasteiger partial charge is 0.183 e. The van der Waals surface area contributed by atoms with Crippen LogP contribution in [-0.4, -0.2) is 6.04 Å². The monoisotopic (exact) mass is 250 g/mol. The van der Waals surface area contributed by atoms with Crippen molar-refractivity contribution in [3.8, 4) is 6.07 Å². The van der Waals surface area contributed by atoms with Crippen LogP contribution in [0.5, 0.6) is 0 Å². The van der Waals surface area contributed by atoms with Crippen molar-refractivity contribution in [2.24, 2.45) is 0 Å². The Morgan fingerprint density at radius 1 is 1.06 bits per heavy atom. The van der Waals surface area contributed by atoms with E-state index in [2.05, 4.69) is 5.32 Å². The standard InChI is InChI=1S/C14H16F2N2/c15-13-10(9-17)7-8-12(14(13)16)18-11-5-3-1-2-4-6-11/h7-8,11,18H,1-6H2. The third kappa shape index (κ3) is 2.79. The molecule has 4 heteroatoms. The van der Waals surface area contributed by atoms with Crippen molar-refractivity contribution in [2.45, 2.75) is 44.6 Å². The highest BCUT2D eigenvalue weighted by Crippen LogP contribution is 2.25. The SMILES string of the molecule is N#Cc1ccc(NC2CCCCCC2)c(F)c1F. The number of halogens is 2. The van der Waals surface area contributed by atoms with Gasteiger partial charge in [0, 0.05) is 6.04 Å². The van der Waals surface area contributed by atoms with Gasteiger partial charge in [0.15, 0.2) is 11.6 Å². The highest BCUT2D eigenvalue weighted by Gasteiger charge is 2.17. The topological polar surface area (TPSA) is 35.8 Å². The van der Waals surface area contributed by atoms with Crippen LogP contribution in [0, 0.1) is 23.0 Å². The van der Waals surface area contributed by atoms with Crippen molar-refractivity contribution in [1.29, 1.82) is 5.26 Å². The van der Waals surface area contributed by atoms with Crippen molar-refractivity contribution < 1.29 is 8.78 Å². The summed E-state index contributed by atoms with van der Waals surface area (Å²) >= 11 is 0. The molecule has 1 aliphatic carbocycles. The van der Waals surface area contributed by atoms with Gasteiger partial charge in [-0.1, -0.05) is 25.7 Å². The van der Waals surface area contributed by atoms with Gasteiger partial charge in [-0.05, 0) is 25.0 Å². The van der Waals surface area contributed by atoms with Crippen LogP contribution >= 0.6 is 0 Å². The molecule has 18 heavy (non-hydrogen) atoms. The summed E-state index contributed by atoms with van der Waals surface area (Å²) in [7, 11) is 0. The molecule has 0 bridgehead atoms. The highest BCUT2D eigenvalue weighted by atomic mass is 19.2. The average molecular weight is 250 g/mol. The van der Waals surface area contributed by atoms with Gasteiger partial charge in [-0.3, -0.25) is 0 Å². The van der Waals surface area contributed by atoms with Crippen LogP contribution in [0.15, 0.2) is 12.1 Å². The molecule has 2 nitrogen and oxygen atoms in total. The van der Waals surface area contributed by atoms with Crippen LogP contribution in [0.2, 0.25) is 0 Å². The molecule has 1 saturated carbocycles. The first-order chi connectivity index (χ1) is 8.72. The van der Waals surface area contributed by atoms with E-state index in [1.54, 1.807) is 6.07 Å². The summed E-state index contributed by atoms with van der Waals surface area (Å²) in [4.78, 5) is 0. The third-order valence-corrected chi connectivity index (χ3v) is 3.42. The lowest BCUT2D eigenvalue weighted by Gasteiger charge is -2.18. The van der Waals surface area contributed by atoms with Crippen LogP contribution in [0.3, 0.4) is 0 Å². The van der Waals surface area contributed by atoms with Gasteiger partial charge in [-0.25, -0.2) is 8.78 Å². The quantitative estimate of drug-likeness (QED) is 0.806. The normalized spacial score (nSPS) is 16.9. The summed E-state index contributed by atoms with van der Waals surface area (Å²) in [5, 5.41) is 11.7. The highest BCUT2D eigenvalue weighted by molar-refractivity contribution is 5.50. The molecule has 1 aliphatic rings. The molecule has 1 aromatic carbocycles. The first kappa shape index (κ1) is 12.8. The van der Waals surface area contributed by atoms with E-state index in [1.165, 1.54) is 25.0 Å². The van der Waals surface area contributed by atoms with E-state index in [0.717, 1.165) is 25.7 Å². The lowest BCUT2D eigenvalue weighted by molar-refractivity contribution is 0.505. The number of nitriles is 1. The van der Waals surface area contributed by atoms with E-state index >= 15 is 0 Å². The molecule has 1 fully saturated rings. The molecule has 2 rings (SSSR count). The van der Waals surface area contributed by atoms with E-state index in [4.69, 9.17) is 5.26 Å². The van der Waals surface area contributed by atoms with Crippen LogP contribution in [0.4, 0.5) is 14.5 Å². The molecular formula is C14H16F2N2. The summed E-state index contributed by atoms with van der Waals surface area (Å²) in [6, 6.07) is 4.60. The number of nitrogens with one attached hydrogen (secondary N) is 1. The fourth-order valence-electron chi connectivity index (χ4n) is 2.39. The molecule has 1 N–H and O–H groups in total. The number of hydrogen-bond acceptors (Lipinski definition) is 2. The summed E-state index contributed by atoms with van der Waals surface area (Å²) < 4.78 is 27.2. The van der Waals surface area contributed by atoms with Gasteiger partial charge >= 0.3 is 0 Å². The van der Waals surface area contributed by atoms with Crippen molar-refractivity contribution in [3.05, 3.63) is 29.3 Å². The van der Waals surface area contributed by atoms with Gasteiger partial charge in [0.05, 0.1) is 11.3 Å². The molecule has 0 atom stereocenters. The predicted molar refractivity (Wildman–Crippen MR) is 66.2 cm³/mol. The van der Waals surface area contributed by atoms with Gasteiger partial charge in [0.1, 0.15) is 6.07 Å². The summed E-state index contributed by atoms with van der Waals surface area (Å²) in [5.41, 5.74) is -0.0858. The molecule has 0 heterocycles. The molecule has 0 amide bonds. The summed E-state index contributed by atoms with van der Waals surface area (Å²) in [5.74, 6) is -2.01. The third-order valence-electron chi connectivity index (χ3n) is 3.42. The minimum Gasteiger partial charge on any atom is -0.380 e. The Kier molecular flexibility index (Phi) is 4.14. The van der Waals surface area contributed by atoms with Gasteiger partial charge in [-0.2, -0.15) is 5.26 Å². The van der Waals surface area contributed by atoms with E-state index in [-0.39, 0.29) is 17.3 Å². The lowest BCUT2D eigenvalue weighted by Crippen LogP contribution is -2.19. The van der Waals surface area contributed by atoms with Crippen molar-refractivity contribution in [2.75, 3.05) is 5.32 Å². The second-order valence-electron chi connectivity index (χ2n) is 4.73. The van der Waals surface area contributed by atoms with Gasteiger partial charge in [-0.15, -0.1) is 0 Å². The molecule has 0 aromatic heterocycles. The van der Waals surface area contributed by atoms with Crippen molar-refractivity contribution in [3.63, 3.8) is 0 Å². The largest absolute Gasteiger partial charge is 0.380 e.